The normalized spacial score (nSPS) is 10.6. The third-order valence-corrected chi connectivity index (χ3v) is 3.94. The van der Waals surface area contributed by atoms with Gasteiger partial charge in [-0.1, -0.05) is 52.7 Å². The Morgan fingerprint density at radius 3 is 2.62 bits per heavy atom. The lowest BCUT2D eigenvalue weighted by Gasteiger charge is -2.06. The fourth-order valence-electron chi connectivity index (χ4n) is 2.21. The molecule has 0 saturated carbocycles. The fourth-order valence-corrected chi connectivity index (χ4v) is 2.41. The number of benzene rings is 2. The van der Waals surface area contributed by atoms with Crippen molar-refractivity contribution in [2.45, 2.75) is 13.5 Å². The summed E-state index contributed by atoms with van der Waals surface area (Å²) in [5.74, 6) is -0.207. The summed E-state index contributed by atoms with van der Waals surface area (Å²) >= 11 is 6.13. The van der Waals surface area contributed by atoms with E-state index in [1.807, 2.05) is 49.4 Å². The van der Waals surface area contributed by atoms with E-state index >= 15 is 0 Å². The van der Waals surface area contributed by atoms with Crippen LogP contribution in [-0.2, 0) is 6.54 Å². The number of hydrogen-bond donors (Lipinski definition) is 2. The molecule has 7 heteroatoms. The molecule has 0 spiro atoms. The number of anilines is 2. The molecule has 0 unspecified atom stereocenters. The number of aromatic nitrogens is 3. The van der Waals surface area contributed by atoms with Crippen LogP contribution in [0.25, 0.3) is 0 Å². The van der Waals surface area contributed by atoms with Crippen LogP contribution in [0, 0.1) is 6.92 Å². The molecule has 0 aliphatic carbocycles. The van der Waals surface area contributed by atoms with E-state index in [1.165, 1.54) is 4.68 Å². The van der Waals surface area contributed by atoms with Gasteiger partial charge in [0.25, 0.3) is 5.91 Å². The van der Waals surface area contributed by atoms with Crippen molar-refractivity contribution in [2.24, 2.45) is 0 Å². The maximum Gasteiger partial charge on any atom is 0.280 e. The number of carbonyl (C=O) groups excluding carboxylic acids is 1. The van der Waals surface area contributed by atoms with Crippen LogP contribution in [0.15, 0.2) is 48.5 Å². The standard InChI is InChI=1S/C17H16ClN5O/c1-11-6-8-13(9-7-11)20-17(24)15-16(19)23(22-21-15)10-12-4-2-3-5-14(12)18/h2-9H,10,19H2,1H3,(H,20,24). The predicted octanol–water partition coefficient (Wildman–Crippen LogP) is 3.12. The lowest BCUT2D eigenvalue weighted by Crippen LogP contribution is -2.15. The summed E-state index contributed by atoms with van der Waals surface area (Å²) < 4.78 is 1.45. The van der Waals surface area contributed by atoms with Crippen LogP contribution in [0.1, 0.15) is 21.6 Å². The summed E-state index contributed by atoms with van der Waals surface area (Å²) in [6.07, 6.45) is 0. The van der Waals surface area contributed by atoms with Gasteiger partial charge < -0.3 is 11.1 Å². The summed E-state index contributed by atoms with van der Waals surface area (Å²) in [5.41, 5.74) is 8.73. The number of nitrogens with one attached hydrogen (secondary N) is 1. The zero-order valence-corrected chi connectivity index (χ0v) is 13.8. The molecule has 0 saturated heterocycles. The van der Waals surface area contributed by atoms with E-state index in [9.17, 15) is 4.79 Å². The maximum atomic E-state index is 12.3. The van der Waals surface area contributed by atoms with Crippen molar-refractivity contribution in [2.75, 3.05) is 11.1 Å². The highest BCUT2D eigenvalue weighted by atomic mass is 35.5. The van der Waals surface area contributed by atoms with Gasteiger partial charge in [-0.3, -0.25) is 4.79 Å². The predicted molar refractivity (Wildman–Crippen MR) is 94.1 cm³/mol. The molecular formula is C17H16ClN5O. The highest BCUT2D eigenvalue weighted by Crippen LogP contribution is 2.19. The summed E-state index contributed by atoms with van der Waals surface area (Å²) in [4.78, 5) is 12.3. The number of rotatable bonds is 4. The molecule has 0 aliphatic rings. The maximum absolute atomic E-state index is 12.3. The van der Waals surface area contributed by atoms with Crippen LogP contribution in [0.5, 0.6) is 0 Å². The van der Waals surface area contributed by atoms with E-state index in [0.29, 0.717) is 17.3 Å². The number of hydrogen-bond acceptors (Lipinski definition) is 4. The van der Waals surface area contributed by atoms with Crippen LogP contribution < -0.4 is 11.1 Å². The van der Waals surface area contributed by atoms with E-state index in [4.69, 9.17) is 17.3 Å². The van der Waals surface area contributed by atoms with Crippen molar-refractivity contribution in [1.82, 2.24) is 15.0 Å². The largest absolute Gasteiger partial charge is 0.382 e. The van der Waals surface area contributed by atoms with Gasteiger partial charge >= 0.3 is 0 Å². The van der Waals surface area contributed by atoms with Gasteiger partial charge in [-0.05, 0) is 30.7 Å². The Balaban J connectivity index is 1.78. The molecule has 24 heavy (non-hydrogen) atoms. The zero-order valence-electron chi connectivity index (χ0n) is 13.0. The molecule has 0 aliphatic heterocycles. The molecule has 1 heterocycles. The average molecular weight is 342 g/mol. The fraction of sp³-hybridized carbons (Fsp3) is 0.118. The Labute approximate surface area is 144 Å². The molecule has 1 aromatic heterocycles. The molecule has 122 valence electrons. The number of nitrogens with two attached hydrogens (primary N) is 1. The van der Waals surface area contributed by atoms with E-state index in [0.717, 1.165) is 11.1 Å². The van der Waals surface area contributed by atoms with Gasteiger partial charge in [0, 0.05) is 10.7 Å². The van der Waals surface area contributed by atoms with Crippen LogP contribution in [0.4, 0.5) is 11.5 Å². The Morgan fingerprint density at radius 1 is 1.21 bits per heavy atom. The number of halogens is 1. The second-order valence-corrected chi connectivity index (χ2v) is 5.80. The molecule has 3 rings (SSSR count). The molecule has 6 nitrogen and oxygen atoms in total. The van der Waals surface area contributed by atoms with E-state index in [-0.39, 0.29) is 11.5 Å². The first-order valence-corrected chi connectivity index (χ1v) is 7.73. The van der Waals surface area contributed by atoms with Crippen molar-refractivity contribution in [1.29, 1.82) is 0 Å². The molecule has 0 radical (unpaired) electrons. The van der Waals surface area contributed by atoms with Crippen molar-refractivity contribution in [3.63, 3.8) is 0 Å². The summed E-state index contributed by atoms with van der Waals surface area (Å²) in [5, 5.41) is 11.2. The van der Waals surface area contributed by atoms with Crippen molar-refractivity contribution >= 4 is 29.0 Å². The topological polar surface area (TPSA) is 85.8 Å². The molecule has 1 amide bonds. The second-order valence-electron chi connectivity index (χ2n) is 5.39. The van der Waals surface area contributed by atoms with Crippen molar-refractivity contribution < 1.29 is 4.79 Å². The summed E-state index contributed by atoms with van der Waals surface area (Å²) in [7, 11) is 0. The molecule has 0 atom stereocenters. The highest BCUT2D eigenvalue weighted by Gasteiger charge is 2.18. The van der Waals surface area contributed by atoms with Crippen LogP contribution in [0.2, 0.25) is 5.02 Å². The second kappa shape index (κ2) is 6.72. The first-order valence-electron chi connectivity index (χ1n) is 7.35. The van der Waals surface area contributed by atoms with E-state index in [2.05, 4.69) is 15.6 Å². The Hall–Kier alpha value is -2.86. The van der Waals surface area contributed by atoms with Crippen LogP contribution in [-0.4, -0.2) is 20.9 Å². The molecular weight excluding hydrogens is 326 g/mol. The SMILES string of the molecule is Cc1ccc(NC(=O)c2nnn(Cc3ccccc3Cl)c2N)cc1. The summed E-state index contributed by atoms with van der Waals surface area (Å²) in [6.45, 7) is 2.32. The molecule has 3 N–H and O–H groups in total. The van der Waals surface area contributed by atoms with Gasteiger partial charge in [0.15, 0.2) is 11.5 Å². The van der Waals surface area contributed by atoms with Crippen LogP contribution in [0.3, 0.4) is 0 Å². The van der Waals surface area contributed by atoms with Gasteiger partial charge in [-0.2, -0.15) is 0 Å². The zero-order chi connectivity index (χ0) is 17.1. The third kappa shape index (κ3) is 3.38. The first-order chi connectivity index (χ1) is 11.5. The number of carbonyl (C=O) groups is 1. The van der Waals surface area contributed by atoms with Gasteiger partial charge in [0.05, 0.1) is 6.54 Å². The van der Waals surface area contributed by atoms with E-state index < -0.39 is 5.91 Å². The monoisotopic (exact) mass is 341 g/mol. The quantitative estimate of drug-likeness (QED) is 0.763. The molecule has 2 aromatic carbocycles. The van der Waals surface area contributed by atoms with Gasteiger partial charge in [0.2, 0.25) is 0 Å². The van der Waals surface area contributed by atoms with Crippen LogP contribution >= 0.6 is 11.6 Å². The third-order valence-electron chi connectivity index (χ3n) is 3.58. The Bertz CT molecular complexity index is 873. The number of nitrogen functional groups attached to an aromatic ring is 1. The molecule has 0 fully saturated rings. The first kappa shape index (κ1) is 16.0. The minimum Gasteiger partial charge on any atom is -0.382 e. The molecule has 3 aromatic rings. The number of amides is 1. The smallest absolute Gasteiger partial charge is 0.280 e. The van der Waals surface area contributed by atoms with E-state index in [1.54, 1.807) is 6.07 Å². The summed E-state index contributed by atoms with van der Waals surface area (Å²) in [6, 6.07) is 14.8. The van der Waals surface area contributed by atoms with Gasteiger partial charge in [-0.25, -0.2) is 4.68 Å². The van der Waals surface area contributed by atoms with Gasteiger partial charge in [-0.15, -0.1) is 5.10 Å². The van der Waals surface area contributed by atoms with Gasteiger partial charge in [0.1, 0.15) is 0 Å². The highest BCUT2D eigenvalue weighted by molar-refractivity contribution is 6.31. The van der Waals surface area contributed by atoms with Crippen molar-refractivity contribution in [3.05, 3.63) is 70.4 Å². The lowest BCUT2D eigenvalue weighted by atomic mass is 10.2. The van der Waals surface area contributed by atoms with Crippen molar-refractivity contribution in [3.8, 4) is 0 Å². The minimum atomic E-state index is -0.401. The lowest BCUT2D eigenvalue weighted by molar-refractivity contribution is 0.102. The number of nitrogens with zero attached hydrogens (tertiary/aromatic N) is 3. The molecule has 0 bridgehead atoms. The Kier molecular flexibility index (Phi) is 4.48. The number of aryl methyl sites for hydroxylation is 1. The Morgan fingerprint density at radius 2 is 1.92 bits per heavy atom. The minimum absolute atomic E-state index is 0.0858. The average Bonchev–Trinajstić information content (AvgIpc) is 2.93.